The summed E-state index contributed by atoms with van der Waals surface area (Å²) in [4.78, 5) is 14.7. The third kappa shape index (κ3) is 1.12. The average molecular weight is 182 g/mol. The number of aldehydes is 1. The highest BCUT2D eigenvalue weighted by Crippen LogP contribution is 2.45. The Morgan fingerprint density at radius 2 is 2.25 bits per heavy atom. The zero-order valence-corrected chi connectivity index (χ0v) is 7.21. The van der Waals surface area contributed by atoms with E-state index >= 15 is 0 Å². The van der Waals surface area contributed by atoms with Gasteiger partial charge >= 0.3 is 0 Å². The second-order valence-electron chi connectivity index (χ2n) is 3.14. The summed E-state index contributed by atoms with van der Waals surface area (Å²) >= 11 is 5.63. The van der Waals surface area contributed by atoms with Crippen LogP contribution in [0.15, 0.2) is 18.3 Å². The van der Waals surface area contributed by atoms with E-state index in [1.165, 1.54) is 0 Å². The standard InChI is InChI=1S/C9H8ClNO/c10-8-2-1-7(5-11-8)9(6-12)3-4-9/h1-2,5-6H,3-4H2. The molecule has 1 aliphatic carbocycles. The van der Waals surface area contributed by atoms with Gasteiger partial charge in [-0.3, -0.25) is 0 Å². The molecule has 1 saturated carbocycles. The van der Waals surface area contributed by atoms with Crippen molar-refractivity contribution in [3.8, 4) is 0 Å². The van der Waals surface area contributed by atoms with Crippen molar-refractivity contribution in [3.05, 3.63) is 29.0 Å². The Labute approximate surface area is 75.6 Å². The summed E-state index contributed by atoms with van der Waals surface area (Å²) in [5.74, 6) is 0. The minimum Gasteiger partial charge on any atom is -0.302 e. The Balaban J connectivity index is 2.35. The molecule has 0 unspecified atom stereocenters. The van der Waals surface area contributed by atoms with Gasteiger partial charge < -0.3 is 4.79 Å². The van der Waals surface area contributed by atoms with Crippen LogP contribution >= 0.6 is 11.6 Å². The van der Waals surface area contributed by atoms with Crippen LogP contribution in [0.25, 0.3) is 0 Å². The summed E-state index contributed by atoms with van der Waals surface area (Å²) in [5, 5.41) is 0.473. The summed E-state index contributed by atoms with van der Waals surface area (Å²) in [7, 11) is 0. The van der Waals surface area contributed by atoms with Crippen LogP contribution in [0.5, 0.6) is 0 Å². The van der Waals surface area contributed by atoms with E-state index in [9.17, 15) is 4.79 Å². The summed E-state index contributed by atoms with van der Waals surface area (Å²) in [5.41, 5.74) is 0.763. The number of halogens is 1. The first-order valence-electron chi connectivity index (χ1n) is 3.85. The molecular formula is C9H8ClNO. The van der Waals surface area contributed by atoms with E-state index in [1.807, 2.05) is 6.07 Å². The van der Waals surface area contributed by atoms with Gasteiger partial charge in [0, 0.05) is 6.20 Å². The molecule has 0 N–H and O–H groups in total. The third-order valence-electron chi connectivity index (χ3n) is 2.32. The highest BCUT2D eigenvalue weighted by atomic mass is 35.5. The molecular weight excluding hydrogens is 174 g/mol. The summed E-state index contributed by atoms with van der Waals surface area (Å²) < 4.78 is 0. The number of nitrogens with zero attached hydrogens (tertiary/aromatic N) is 1. The Kier molecular flexibility index (Phi) is 1.65. The number of carbonyl (C=O) groups is 1. The van der Waals surface area contributed by atoms with Gasteiger partial charge in [0.1, 0.15) is 11.4 Å². The zero-order valence-electron chi connectivity index (χ0n) is 6.46. The molecule has 2 nitrogen and oxygen atoms in total. The lowest BCUT2D eigenvalue weighted by atomic mass is 10.0. The van der Waals surface area contributed by atoms with E-state index < -0.39 is 0 Å². The van der Waals surface area contributed by atoms with Gasteiger partial charge in [-0.1, -0.05) is 17.7 Å². The lowest BCUT2D eigenvalue weighted by Gasteiger charge is -2.05. The van der Waals surface area contributed by atoms with E-state index in [0.717, 1.165) is 24.7 Å². The van der Waals surface area contributed by atoms with Gasteiger partial charge in [-0.05, 0) is 24.5 Å². The molecule has 12 heavy (non-hydrogen) atoms. The van der Waals surface area contributed by atoms with Gasteiger partial charge in [0.05, 0.1) is 5.41 Å². The molecule has 0 amide bonds. The van der Waals surface area contributed by atoms with Crippen molar-refractivity contribution in [1.82, 2.24) is 4.98 Å². The number of hydrogen-bond donors (Lipinski definition) is 0. The maximum atomic E-state index is 10.7. The molecule has 62 valence electrons. The van der Waals surface area contributed by atoms with Crippen LogP contribution in [0.3, 0.4) is 0 Å². The molecule has 1 aliphatic rings. The quantitative estimate of drug-likeness (QED) is 0.516. The fourth-order valence-corrected chi connectivity index (χ4v) is 1.39. The normalized spacial score (nSPS) is 18.8. The molecule has 0 radical (unpaired) electrons. The number of aromatic nitrogens is 1. The predicted octanol–water partition coefficient (Wildman–Crippen LogP) is 1.97. The Morgan fingerprint density at radius 1 is 1.50 bits per heavy atom. The predicted molar refractivity (Wildman–Crippen MR) is 46.2 cm³/mol. The van der Waals surface area contributed by atoms with E-state index in [4.69, 9.17) is 11.6 Å². The van der Waals surface area contributed by atoms with Gasteiger partial charge in [-0.15, -0.1) is 0 Å². The fourth-order valence-electron chi connectivity index (χ4n) is 1.28. The lowest BCUT2D eigenvalue weighted by molar-refractivity contribution is -0.109. The van der Waals surface area contributed by atoms with Crippen molar-refractivity contribution in [1.29, 1.82) is 0 Å². The molecule has 3 heteroatoms. The van der Waals surface area contributed by atoms with Crippen LogP contribution in [0.4, 0.5) is 0 Å². The van der Waals surface area contributed by atoms with Gasteiger partial charge in [0.25, 0.3) is 0 Å². The Bertz CT molecular complexity index is 303. The molecule has 0 bridgehead atoms. The molecule has 1 aromatic heterocycles. The number of rotatable bonds is 2. The van der Waals surface area contributed by atoms with Crippen molar-refractivity contribution in [2.75, 3.05) is 0 Å². The van der Waals surface area contributed by atoms with Crippen molar-refractivity contribution in [2.45, 2.75) is 18.3 Å². The van der Waals surface area contributed by atoms with Crippen LogP contribution in [0.2, 0.25) is 5.15 Å². The molecule has 0 aromatic carbocycles. The first-order valence-corrected chi connectivity index (χ1v) is 4.23. The van der Waals surface area contributed by atoms with Crippen molar-refractivity contribution in [3.63, 3.8) is 0 Å². The lowest BCUT2D eigenvalue weighted by Crippen LogP contribution is -2.07. The molecule has 0 spiro atoms. The minimum absolute atomic E-state index is 0.225. The molecule has 0 saturated heterocycles. The van der Waals surface area contributed by atoms with Crippen LogP contribution in [0, 0.1) is 0 Å². The zero-order chi connectivity index (χ0) is 8.60. The average Bonchev–Trinajstić information content (AvgIpc) is 2.86. The monoisotopic (exact) mass is 181 g/mol. The highest BCUT2D eigenvalue weighted by molar-refractivity contribution is 6.29. The van der Waals surface area contributed by atoms with Crippen molar-refractivity contribution < 1.29 is 4.79 Å². The number of hydrogen-bond acceptors (Lipinski definition) is 2. The summed E-state index contributed by atoms with van der Waals surface area (Å²) in [6.07, 6.45) is 4.58. The van der Waals surface area contributed by atoms with Gasteiger partial charge in [-0.25, -0.2) is 4.98 Å². The first-order chi connectivity index (χ1) is 5.77. The number of pyridine rings is 1. The van der Waals surface area contributed by atoms with E-state index in [2.05, 4.69) is 4.98 Å². The maximum Gasteiger partial charge on any atom is 0.130 e. The Hall–Kier alpha value is -0.890. The maximum absolute atomic E-state index is 10.7. The molecule has 1 aromatic rings. The molecule has 2 rings (SSSR count). The molecule has 1 fully saturated rings. The van der Waals surface area contributed by atoms with Crippen LogP contribution in [0.1, 0.15) is 18.4 Å². The van der Waals surface area contributed by atoms with E-state index in [1.54, 1.807) is 12.3 Å². The van der Waals surface area contributed by atoms with Gasteiger partial charge in [-0.2, -0.15) is 0 Å². The third-order valence-corrected chi connectivity index (χ3v) is 2.54. The minimum atomic E-state index is -0.225. The number of carbonyl (C=O) groups excluding carboxylic acids is 1. The molecule has 0 aliphatic heterocycles. The molecule has 0 atom stereocenters. The Morgan fingerprint density at radius 3 is 2.67 bits per heavy atom. The van der Waals surface area contributed by atoms with E-state index in [-0.39, 0.29) is 5.41 Å². The van der Waals surface area contributed by atoms with Crippen LogP contribution in [-0.2, 0) is 10.2 Å². The topological polar surface area (TPSA) is 30.0 Å². The SMILES string of the molecule is O=CC1(c2ccc(Cl)nc2)CC1. The smallest absolute Gasteiger partial charge is 0.130 e. The van der Waals surface area contributed by atoms with Crippen molar-refractivity contribution in [2.24, 2.45) is 0 Å². The molecule has 1 heterocycles. The fraction of sp³-hybridized carbons (Fsp3) is 0.333. The summed E-state index contributed by atoms with van der Waals surface area (Å²) in [6.45, 7) is 0. The van der Waals surface area contributed by atoms with Crippen LogP contribution < -0.4 is 0 Å². The van der Waals surface area contributed by atoms with Crippen LogP contribution in [-0.4, -0.2) is 11.3 Å². The van der Waals surface area contributed by atoms with Crippen molar-refractivity contribution >= 4 is 17.9 Å². The second-order valence-corrected chi connectivity index (χ2v) is 3.53. The second kappa shape index (κ2) is 2.56. The first kappa shape index (κ1) is 7.74. The van der Waals surface area contributed by atoms with Gasteiger partial charge in [0.15, 0.2) is 0 Å². The van der Waals surface area contributed by atoms with E-state index in [0.29, 0.717) is 5.15 Å². The van der Waals surface area contributed by atoms with Gasteiger partial charge in [0.2, 0.25) is 0 Å². The highest BCUT2D eigenvalue weighted by Gasteiger charge is 2.44. The summed E-state index contributed by atoms with van der Waals surface area (Å²) in [6, 6.07) is 3.59. The largest absolute Gasteiger partial charge is 0.302 e.